The molecule has 0 bridgehead atoms. The summed E-state index contributed by atoms with van der Waals surface area (Å²) in [6.07, 6.45) is 6.70. The van der Waals surface area contributed by atoms with E-state index in [-0.39, 0.29) is 18.0 Å². The number of rotatable bonds is 5. The standard InChI is InChI=1S/C23H31N7O3S2/c1-14-12-30-20(25-22(14)28-9-7-16(24)13-28)11-17(26-30)19-6-4-5-8-29(19)23(31)21-18(10-15(2)34-21)27-35(3,32)33/h10-12,16,19,27H,4-9,13,24H2,1-3H3/t16?,19-/m0/s1. The summed E-state index contributed by atoms with van der Waals surface area (Å²) in [5.74, 6) is 0.755. The molecule has 0 saturated carbocycles. The monoisotopic (exact) mass is 517 g/mol. The zero-order valence-electron chi connectivity index (χ0n) is 20.2. The Labute approximate surface area is 209 Å². The van der Waals surface area contributed by atoms with Gasteiger partial charge in [0, 0.05) is 48.4 Å². The van der Waals surface area contributed by atoms with Crippen molar-refractivity contribution in [2.45, 2.75) is 51.6 Å². The first-order chi connectivity index (χ1) is 16.6. The Morgan fingerprint density at radius 3 is 2.71 bits per heavy atom. The number of aryl methyl sites for hydroxylation is 2. The van der Waals surface area contributed by atoms with Crippen LogP contribution in [0, 0.1) is 13.8 Å². The van der Waals surface area contributed by atoms with Crippen LogP contribution in [0.1, 0.15) is 57.5 Å². The number of nitrogens with two attached hydrogens (primary N) is 1. The highest BCUT2D eigenvalue weighted by molar-refractivity contribution is 7.92. The molecule has 35 heavy (non-hydrogen) atoms. The van der Waals surface area contributed by atoms with Gasteiger partial charge in [0.25, 0.3) is 5.91 Å². The number of piperidine rings is 1. The van der Waals surface area contributed by atoms with Crippen molar-refractivity contribution < 1.29 is 13.2 Å². The van der Waals surface area contributed by atoms with E-state index in [1.807, 2.05) is 31.0 Å². The van der Waals surface area contributed by atoms with Crippen LogP contribution in [0.15, 0.2) is 18.3 Å². The minimum Gasteiger partial charge on any atom is -0.355 e. The van der Waals surface area contributed by atoms with Gasteiger partial charge >= 0.3 is 0 Å². The first-order valence-electron chi connectivity index (χ1n) is 11.9. The summed E-state index contributed by atoms with van der Waals surface area (Å²) in [6.45, 7) is 6.17. The SMILES string of the molecule is Cc1cc(NS(C)(=O)=O)c(C(=O)N2CCCC[C@H]2c2cc3nc(N4CCC(N)C4)c(C)cn3n2)s1. The number of hydrogen-bond donors (Lipinski definition) is 2. The molecule has 10 nitrogen and oxygen atoms in total. The number of carbonyl (C=O) groups is 1. The van der Waals surface area contributed by atoms with E-state index in [1.54, 1.807) is 10.6 Å². The minimum absolute atomic E-state index is 0.165. The lowest BCUT2D eigenvalue weighted by Gasteiger charge is -2.34. The summed E-state index contributed by atoms with van der Waals surface area (Å²) < 4.78 is 28.0. The van der Waals surface area contributed by atoms with E-state index in [2.05, 4.69) is 9.62 Å². The third-order valence-electron chi connectivity index (χ3n) is 6.60. The van der Waals surface area contributed by atoms with Crippen LogP contribution in [0.2, 0.25) is 0 Å². The number of fused-ring (bicyclic) bond motifs is 1. The summed E-state index contributed by atoms with van der Waals surface area (Å²) in [5.41, 5.74) is 9.01. The third-order valence-corrected chi connectivity index (χ3v) is 8.23. The quantitative estimate of drug-likeness (QED) is 0.533. The van der Waals surface area contributed by atoms with Crippen molar-refractivity contribution >= 4 is 44.4 Å². The molecule has 2 atom stereocenters. The molecular weight excluding hydrogens is 486 g/mol. The van der Waals surface area contributed by atoms with Crippen molar-refractivity contribution in [2.75, 3.05) is 35.5 Å². The summed E-state index contributed by atoms with van der Waals surface area (Å²) in [4.78, 5) is 23.9. The van der Waals surface area contributed by atoms with E-state index >= 15 is 0 Å². The normalized spacial score (nSPS) is 21.1. The van der Waals surface area contributed by atoms with E-state index in [4.69, 9.17) is 15.8 Å². The highest BCUT2D eigenvalue weighted by Gasteiger charge is 2.33. The fourth-order valence-corrected chi connectivity index (χ4v) is 6.59. The molecule has 2 fully saturated rings. The number of carbonyl (C=O) groups excluding carboxylic acids is 1. The molecule has 2 aliphatic heterocycles. The van der Waals surface area contributed by atoms with Gasteiger partial charge in [-0.05, 0) is 45.6 Å². The number of hydrogen-bond acceptors (Lipinski definition) is 8. The Bertz CT molecular complexity index is 1380. The second-order valence-electron chi connectivity index (χ2n) is 9.60. The molecule has 3 aromatic heterocycles. The van der Waals surface area contributed by atoms with E-state index in [0.717, 1.165) is 72.6 Å². The highest BCUT2D eigenvalue weighted by atomic mass is 32.2. The van der Waals surface area contributed by atoms with Crippen LogP contribution in [0.3, 0.4) is 0 Å². The van der Waals surface area contributed by atoms with Crippen molar-refractivity contribution in [1.29, 1.82) is 0 Å². The Balaban J connectivity index is 1.47. The first kappa shape index (κ1) is 24.0. The van der Waals surface area contributed by atoms with E-state index in [9.17, 15) is 13.2 Å². The predicted molar refractivity (Wildman–Crippen MR) is 138 cm³/mol. The summed E-state index contributed by atoms with van der Waals surface area (Å²) in [6, 6.07) is 3.64. The van der Waals surface area contributed by atoms with Crippen molar-refractivity contribution in [3.05, 3.63) is 39.3 Å². The highest BCUT2D eigenvalue weighted by Crippen LogP contribution is 2.36. The van der Waals surface area contributed by atoms with Gasteiger partial charge in [-0.15, -0.1) is 11.3 Å². The maximum Gasteiger partial charge on any atom is 0.266 e. The zero-order valence-corrected chi connectivity index (χ0v) is 21.8. The van der Waals surface area contributed by atoms with Crippen LogP contribution in [-0.4, -0.2) is 65.8 Å². The van der Waals surface area contributed by atoms with E-state index in [0.29, 0.717) is 17.1 Å². The van der Waals surface area contributed by atoms with Gasteiger partial charge in [0.05, 0.1) is 23.7 Å². The summed E-state index contributed by atoms with van der Waals surface area (Å²) >= 11 is 1.31. The molecule has 1 amide bonds. The molecule has 5 heterocycles. The maximum absolute atomic E-state index is 13.7. The van der Waals surface area contributed by atoms with Gasteiger partial charge in [0.2, 0.25) is 10.0 Å². The maximum atomic E-state index is 13.7. The van der Waals surface area contributed by atoms with E-state index < -0.39 is 10.0 Å². The predicted octanol–water partition coefficient (Wildman–Crippen LogP) is 2.68. The van der Waals surface area contributed by atoms with Crippen LogP contribution in [0.5, 0.6) is 0 Å². The van der Waals surface area contributed by atoms with E-state index in [1.165, 1.54) is 11.3 Å². The van der Waals surface area contributed by atoms with Gasteiger partial charge in [-0.1, -0.05) is 0 Å². The smallest absolute Gasteiger partial charge is 0.266 e. The van der Waals surface area contributed by atoms with Crippen LogP contribution in [-0.2, 0) is 10.0 Å². The lowest BCUT2D eigenvalue weighted by molar-refractivity contribution is 0.0612. The van der Waals surface area contributed by atoms with Gasteiger partial charge in [0.15, 0.2) is 5.65 Å². The molecule has 2 saturated heterocycles. The molecule has 0 aromatic carbocycles. The molecule has 0 spiro atoms. The zero-order chi connectivity index (χ0) is 24.9. The Kier molecular flexibility index (Phi) is 6.22. The average molecular weight is 518 g/mol. The number of thiophene rings is 1. The molecular formula is C23H31N7O3S2. The van der Waals surface area contributed by atoms with Crippen molar-refractivity contribution in [2.24, 2.45) is 5.73 Å². The first-order valence-corrected chi connectivity index (χ1v) is 14.6. The fourth-order valence-electron chi connectivity index (χ4n) is 5.04. The molecule has 3 aromatic rings. The average Bonchev–Trinajstić information content (AvgIpc) is 3.49. The minimum atomic E-state index is -3.50. The van der Waals surface area contributed by atoms with Crippen LogP contribution in [0.4, 0.5) is 11.5 Å². The summed E-state index contributed by atoms with van der Waals surface area (Å²) in [5, 5.41) is 4.80. The van der Waals surface area contributed by atoms with Gasteiger partial charge in [-0.3, -0.25) is 9.52 Å². The number of nitrogens with zero attached hydrogens (tertiary/aromatic N) is 5. The van der Waals surface area contributed by atoms with Gasteiger partial charge in [-0.2, -0.15) is 5.10 Å². The lowest BCUT2D eigenvalue weighted by Crippen LogP contribution is -2.38. The molecule has 0 aliphatic carbocycles. The molecule has 1 unspecified atom stereocenters. The molecule has 12 heteroatoms. The fraction of sp³-hybridized carbons (Fsp3) is 0.522. The Morgan fingerprint density at radius 2 is 2.00 bits per heavy atom. The van der Waals surface area contributed by atoms with Gasteiger partial charge in [0.1, 0.15) is 10.7 Å². The van der Waals surface area contributed by atoms with Crippen molar-refractivity contribution in [3.63, 3.8) is 0 Å². The molecule has 0 radical (unpaired) electrons. The number of aromatic nitrogens is 3. The second kappa shape index (κ2) is 9.07. The van der Waals surface area contributed by atoms with Crippen molar-refractivity contribution in [3.8, 4) is 0 Å². The molecule has 3 N–H and O–H groups in total. The van der Waals surface area contributed by atoms with Gasteiger partial charge < -0.3 is 15.5 Å². The second-order valence-corrected chi connectivity index (χ2v) is 12.6. The topological polar surface area (TPSA) is 126 Å². The van der Waals surface area contributed by atoms with Gasteiger partial charge in [-0.25, -0.2) is 17.9 Å². The number of likely N-dealkylation sites (tertiary alicyclic amines) is 1. The summed E-state index contributed by atoms with van der Waals surface area (Å²) in [7, 11) is -3.50. The number of anilines is 2. The number of amides is 1. The van der Waals surface area contributed by atoms with Crippen molar-refractivity contribution in [1.82, 2.24) is 19.5 Å². The largest absolute Gasteiger partial charge is 0.355 e. The molecule has 5 rings (SSSR count). The number of nitrogens with one attached hydrogen (secondary N) is 1. The third kappa shape index (κ3) is 4.87. The number of sulfonamides is 1. The van der Waals surface area contributed by atoms with Crippen LogP contribution in [0.25, 0.3) is 5.65 Å². The Morgan fingerprint density at radius 1 is 1.20 bits per heavy atom. The van der Waals surface area contributed by atoms with Crippen LogP contribution < -0.4 is 15.4 Å². The molecule has 2 aliphatic rings. The lowest BCUT2D eigenvalue weighted by atomic mass is 9.99. The molecule has 188 valence electrons. The Hall–Kier alpha value is -2.70. The van der Waals surface area contributed by atoms with Crippen LogP contribution >= 0.6 is 11.3 Å².